The minimum Gasteiger partial charge on any atom is -0.376 e. The van der Waals surface area contributed by atoms with Gasteiger partial charge >= 0.3 is 0 Å². The molecule has 7 nitrogen and oxygen atoms in total. The van der Waals surface area contributed by atoms with Crippen LogP contribution in [-0.4, -0.2) is 29.8 Å². The first kappa shape index (κ1) is 22.9. The first-order chi connectivity index (χ1) is 14.1. The number of nitrogens with one attached hydrogen (secondary N) is 4. The zero-order valence-electron chi connectivity index (χ0n) is 18.2. The highest BCUT2D eigenvalue weighted by atomic mass is 16.2. The minimum absolute atomic E-state index is 0.0680. The van der Waals surface area contributed by atoms with Crippen molar-refractivity contribution in [3.8, 4) is 0 Å². The fraction of sp³-hybridized carbons (Fsp3) is 0.348. The van der Waals surface area contributed by atoms with Crippen molar-refractivity contribution in [3.05, 3.63) is 53.6 Å². The molecule has 0 spiro atoms. The lowest BCUT2D eigenvalue weighted by atomic mass is 10.1. The normalized spacial score (nSPS) is 10.8. The Hall–Kier alpha value is -3.35. The lowest BCUT2D eigenvalue weighted by molar-refractivity contribution is -0.116. The summed E-state index contributed by atoms with van der Waals surface area (Å²) < 4.78 is 0. The van der Waals surface area contributed by atoms with Crippen molar-refractivity contribution in [2.75, 3.05) is 22.5 Å². The number of carbonyl (C=O) groups is 3. The van der Waals surface area contributed by atoms with Gasteiger partial charge < -0.3 is 21.3 Å². The number of benzene rings is 2. The van der Waals surface area contributed by atoms with Crippen LogP contribution in [0.1, 0.15) is 50.0 Å². The maximum atomic E-state index is 12.3. The number of hydrogen-bond donors (Lipinski definition) is 4. The van der Waals surface area contributed by atoms with E-state index in [2.05, 4.69) is 21.3 Å². The van der Waals surface area contributed by atoms with Gasteiger partial charge in [0.2, 0.25) is 11.8 Å². The van der Waals surface area contributed by atoms with E-state index in [9.17, 15) is 14.4 Å². The zero-order chi connectivity index (χ0) is 22.3. The molecule has 0 saturated heterocycles. The average Bonchev–Trinajstić information content (AvgIpc) is 2.68. The van der Waals surface area contributed by atoms with Gasteiger partial charge in [0, 0.05) is 34.6 Å². The van der Waals surface area contributed by atoms with Crippen LogP contribution in [0.3, 0.4) is 0 Å². The second kappa shape index (κ2) is 9.91. The molecule has 4 N–H and O–H groups in total. The molecule has 0 fully saturated rings. The third-order valence-electron chi connectivity index (χ3n) is 4.29. The molecule has 0 heterocycles. The number of rotatable bonds is 7. The second-order valence-electron chi connectivity index (χ2n) is 8.06. The molecule has 0 aromatic heterocycles. The van der Waals surface area contributed by atoms with Gasteiger partial charge in [0.25, 0.3) is 5.91 Å². The summed E-state index contributed by atoms with van der Waals surface area (Å²) in [7, 11) is 0. The van der Waals surface area contributed by atoms with E-state index in [0.717, 1.165) is 11.3 Å². The van der Waals surface area contributed by atoms with Gasteiger partial charge in [0.1, 0.15) is 0 Å². The molecule has 160 valence electrons. The van der Waals surface area contributed by atoms with Crippen LogP contribution in [0.5, 0.6) is 0 Å². The Labute approximate surface area is 177 Å². The number of anilines is 3. The Bertz CT molecular complexity index is 915. The summed E-state index contributed by atoms with van der Waals surface area (Å²) in [4.78, 5) is 36.1. The van der Waals surface area contributed by atoms with E-state index in [-0.39, 0.29) is 29.8 Å². The van der Waals surface area contributed by atoms with E-state index < -0.39 is 0 Å². The predicted octanol–water partition coefficient (Wildman–Crippen LogP) is 3.92. The quantitative estimate of drug-likeness (QED) is 0.556. The molecule has 0 saturated carbocycles. The summed E-state index contributed by atoms with van der Waals surface area (Å²) in [6.45, 7) is 9.47. The summed E-state index contributed by atoms with van der Waals surface area (Å²) in [5, 5.41) is 11.6. The van der Waals surface area contributed by atoms with Crippen molar-refractivity contribution in [3.63, 3.8) is 0 Å². The van der Waals surface area contributed by atoms with Gasteiger partial charge in [-0.15, -0.1) is 0 Å². The van der Waals surface area contributed by atoms with Crippen molar-refractivity contribution in [1.29, 1.82) is 0 Å². The Kier molecular flexibility index (Phi) is 7.58. The number of hydrogen-bond acceptors (Lipinski definition) is 4. The summed E-state index contributed by atoms with van der Waals surface area (Å²) in [5.74, 6) is -0.438. The monoisotopic (exact) mass is 410 g/mol. The molecule has 3 amide bonds. The molecule has 30 heavy (non-hydrogen) atoms. The van der Waals surface area contributed by atoms with E-state index in [1.807, 2.05) is 27.7 Å². The van der Waals surface area contributed by atoms with E-state index in [4.69, 9.17) is 0 Å². The van der Waals surface area contributed by atoms with Crippen molar-refractivity contribution in [1.82, 2.24) is 5.32 Å². The van der Waals surface area contributed by atoms with Crippen LogP contribution in [0.4, 0.5) is 17.1 Å². The summed E-state index contributed by atoms with van der Waals surface area (Å²) in [5.41, 5.74) is 3.10. The molecule has 2 aromatic rings. The lowest BCUT2D eigenvalue weighted by Gasteiger charge is -2.20. The van der Waals surface area contributed by atoms with Gasteiger partial charge in [-0.05, 0) is 69.7 Å². The van der Waals surface area contributed by atoms with E-state index >= 15 is 0 Å². The van der Waals surface area contributed by atoms with Crippen LogP contribution in [-0.2, 0) is 9.59 Å². The number of amides is 3. The van der Waals surface area contributed by atoms with Gasteiger partial charge in [0.15, 0.2) is 0 Å². The Morgan fingerprint density at radius 1 is 0.867 bits per heavy atom. The van der Waals surface area contributed by atoms with Crippen LogP contribution in [0.2, 0.25) is 0 Å². The standard InChI is InChI=1S/C23H30N4O3/c1-6-20(28)25-18-8-7-9-19(15(18)2)26-21(29)14-24-17-12-10-16(11-13-17)22(30)27-23(3,4)5/h7-13,24H,6,14H2,1-5H3,(H,25,28)(H,26,29)(H,27,30). The largest absolute Gasteiger partial charge is 0.376 e. The zero-order valence-corrected chi connectivity index (χ0v) is 18.2. The van der Waals surface area contributed by atoms with Gasteiger partial charge in [-0.2, -0.15) is 0 Å². The fourth-order valence-electron chi connectivity index (χ4n) is 2.67. The molecule has 0 radical (unpaired) electrons. The molecule has 0 bridgehead atoms. The van der Waals surface area contributed by atoms with Crippen LogP contribution >= 0.6 is 0 Å². The molecule has 0 aliphatic carbocycles. The molecule has 2 aromatic carbocycles. The molecule has 2 rings (SSSR count). The minimum atomic E-state index is -0.305. The second-order valence-corrected chi connectivity index (χ2v) is 8.06. The first-order valence-electron chi connectivity index (χ1n) is 9.95. The van der Waals surface area contributed by atoms with Crippen LogP contribution in [0, 0.1) is 6.92 Å². The van der Waals surface area contributed by atoms with Crippen LogP contribution in [0.25, 0.3) is 0 Å². The van der Waals surface area contributed by atoms with E-state index in [1.54, 1.807) is 49.4 Å². The van der Waals surface area contributed by atoms with Gasteiger partial charge in [-0.3, -0.25) is 14.4 Å². The first-order valence-corrected chi connectivity index (χ1v) is 9.95. The molecular formula is C23H30N4O3. The molecule has 7 heteroatoms. The summed E-state index contributed by atoms with van der Waals surface area (Å²) in [6, 6.07) is 12.3. The molecule has 0 unspecified atom stereocenters. The van der Waals surface area contributed by atoms with Crippen molar-refractivity contribution in [2.45, 2.75) is 46.6 Å². The Morgan fingerprint density at radius 2 is 1.43 bits per heavy atom. The summed E-state index contributed by atoms with van der Waals surface area (Å²) >= 11 is 0. The van der Waals surface area contributed by atoms with Crippen molar-refractivity contribution in [2.24, 2.45) is 0 Å². The summed E-state index contributed by atoms with van der Waals surface area (Å²) in [6.07, 6.45) is 0.386. The SMILES string of the molecule is CCC(=O)Nc1cccc(NC(=O)CNc2ccc(C(=O)NC(C)(C)C)cc2)c1C. The van der Waals surface area contributed by atoms with Crippen molar-refractivity contribution >= 4 is 34.8 Å². The highest BCUT2D eigenvalue weighted by molar-refractivity contribution is 5.97. The molecule has 0 atom stereocenters. The topological polar surface area (TPSA) is 99.3 Å². The number of carbonyl (C=O) groups excluding carboxylic acids is 3. The lowest BCUT2D eigenvalue weighted by Crippen LogP contribution is -2.40. The van der Waals surface area contributed by atoms with Crippen LogP contribution < -0.4 is 21.3 Å². The highest BCUT2D eigenvalue weighted by Gasteiger charge is 2.15. The third-order valence-corrected chi connectivity index (χ3v) is 4.29. The Balaban J connectivity index is 1.93. The van der Waals surface area contributed by atoms with Crippen LogP contribution in [0.15, 0.2) is 42.5 Å². The maximum Gasteiger partial charge on any atom is 0.251 e. The van der Waals surface area contributed by atoms with Gasteiger partial charge in [-0.25, -0.2) is 0 Å². The molecule has 0 aliphatic rings. The predicted molar refractivity (Wildman–Crippen MR) is 121 cm³/mol. The van der Waals surface area contributed by atoms with E-state index in [1.165, 1.54) is 0 Å². The smallest absolute Gasteiger partial charge is 0.251 e. The van der Waals surface area contributed by atoms with E-state index in [0.29, 0.717) is 23.4 Å². The van der Waals surface area contributed by atoms with Gasteiger partial charge in [0.05, 0.1) is 6.54 Å². The molecular weight excluding hydrogens is 380 g/mol. The fourth-order valence-corrected chi connectivity index (χ4v) is 2.67. The van der Waals surface area contributed by atoms with Gasteiger partial charge in [-0.1, -0.05) is 13.0 Å². The molecule has 0 aliphatic heterocycles. The highest BCUT2D eigenvalue weighted by Crippen LogP contribution is 2.23. The maximum absolute atomic E-state index is 12.3. The third kappa shape index (κ3) is 6.92. The Morgan fingerprint density at radius 3 is 1.97 bits per heavy atom. The van der Waals surface area contributed by atoms with Crippen molar-refractivity contribution < 1.29 is 14.4 Å². The average molecular weight is 411 g/mol.